The molecule has 0 aliphatic carbocycles. The minimum atomic E-state index is -0.628. The topological polar surface area (TPSA) is 59.3 Å². The van der Waals surface area contributed by atoms with Gasteiger partial charge in [-0.05, 0) is 35.4 Å². The van der Waals surface area contributed by atoms with Gasteiger partial charge in [-0.25, -0.2) is 8.78 Å². The van der Waals surface area contributed by atoms with Gasteiger partial charge in [0.15, 0.2) is 0 Å². The van der Waals surface area contributed by atoms with Gasteiger partial charge in [0, 0.05) is 36.8 Å². The fourth-order valence-electron chi connectivity index (χ4n) is 3.66. The highest BCUT2D eigenvalue weighted by Crippen LogP contribution is 2.35. The maximum Gasteiger partial charge on any atom is 0.224 e. The predicted molar refractivity (Wildman–Crippen MR) is 95.1 cm³/mol. The number of benzene rings is 2. The highest BCUT2D eigenvalue weighted by Gasteiger charge is 2.38. The number of halogens is 2. The van der Waals surface area contributed by atoms with Crippen LogP contribution in [0.15, 0.2) is 53.1 Å². The van der Waals surface area contributed by atoms with Crippen molar-refractivity contribution in [2.45, 2.75) is 18.8 Å². The summed E-state index contributed by atoms with van der Waals surface area (Å²) in [7, 11) is 0. The molecule has 2 aromatic carbocycles. The molecule has 1 aliphatic rings. The molecule has 1 aliphatic heterocycles. The summed E-state index contributed by atoms with van der Waals surface area (Å²) in [6.07, 6.45) is 1.60. The van der Waals surface area contributed by atoms with E-state index < -0.39 is 17.7 Å². The molecule has 4 nitrogen and oxygen atoms in total. The molecule has 4 rings (SSSR count). The molecule has 0 bridgehead atoms. The summed E-state index contributed by atoms with van der Waals surface area (Å²) in [6.45, 7) is 0.285. The van der Waals surface area contributed by atoms with Gasteiger partial charge in [0.05, 0.1) is 12.2 Å². The molecule has 1 aromatic heterocycles. The van der Waals surface area contributed by atoms with Crippen LogP contribution in [0.1, 0.15) is 23.5 Å². The minimum absolute atomic E-state index is 0.0107. The van der Waals surface area contributed by atoms with Crippen LogP contribution in [-0.4, -0.2) is 18.2 Å². The van der Waals surface area contributed by atoms with Gasteiger partial charge in [0.1, 0.15) is 23.0 Å². The second-order valence-corrected chi connectivity index (χ2v) is 6.84. The van der Waals surface area contributed by atoms with Crippen molar-refractivity contribution in [1.82, 2.24) is 5.32 Å². The zero-order chi connectivity index (χ0) is 19.0. The van der Waals surface area contributed by atoms with E-state index in [4.69, 9.17) is 4.42 Å². The molecular weight excluding hydrogens is 352 g/mol. The molecule has 27 heavy (non-hydrogen) atoms. The first kappa shape index (κ1) is 17.4. The molecular formula is C21H17F2NO3. The van der Waals surface area contributed by atoms with Crippen LogP contribution in [0.4, 0.5) is 8.78 Å². The molecule has 3 aromatic rings. The molecule has 0 radical (unpaired) electrons. The standard InChI is InChI=1S/C21H17F2NO3/c22-14-3-1-12(2-4-14)7-15(25)9-17-18(11-24-21(17)26)16-8-13-5-6-27-20(13)10-19(16)23/h1-6,8,10,17-18H,7,9,11H2,(H,24,26)/t17-,18-/m0/s1. The van der Waals surface area contributed by atoms with Crippen molar-refractivity contribution >= 4 is 22.7 Å². The average Bonchev–Trinajstić information content (AvgIpc) is 3.23. The van der Waals surface area contributed by atoms with Crippen LogP contribution >= 0.6 is 0 Å². The molecule has 1 saturated heterocycles. The lowest BCUT2D eigenvalue weighted by molar-refractivity contribution is -0.127. The zero-order valence-electron chi connectivity index (χ0n) is 14.4. The van der Waals surface area contributed by atoms with Gasteiger partial charge in [-0.2, -0.15) is 0 Å². The summed E-state index contributed by atoms with van der Waals surface area (Å²) in [5.41, 5.74) is 1.53. The Hall–Kier alpha value is -3.02. The van der Waals surface area contributed by atoms with E-state index in [1.165, 1.54) is 24.5 Å². The summed E-state index contributed by atoms with van der Waals surface area (Å²) >= 11 is 0. The van der Waals surface area contributed by atoms with Crippen molar-refractivity contribution in [3.8, 4) is 0 Å². The molecule has 0 spiro atoms. The van der Waals surface area contributed by atoms with E-state index in [9.17, 15) is 18.4 Å². The first-order valence-corrected chi connectivity index (χ1v) is 8.72. The van der Waals surface area contributed by atoms with Crippen LogP contribution in [0, 0.1) is 17.6 Å². The second kappa shape index (κ2) is 6.95. The lowest BCUT2D eigenvalue weighted by atomic mass is 9.84. The Morgan fingerprint density at radius 1 is 1.15 bits per heavy atom. The quantitative estimate of drug-likeness (QED) is 0.745. The molecule has 6 heteroatoms. The van der Waals surface area contributed by atoms with Crippen LogP contribution in [-0.2, 0) is 16.0 Å². The summed E-state index contributed by atoms with van der Waals surface area (Å²) in [6, 6.07) is 10.4. The normalized spacial score (nSPS) is 19.4. The summed E-state index contributed by atoms with van der Waals surface area (Å²) in [5, 5.41) is 3.49. The van der Waals surface area contributed by atoms with Gasteiger partial charge in [0.25, 0.3) is 0 Å². The largest absolute Gasteiger partial charge is 0.464 e. The van der Waals surface area contributed by atoms with Gasteiger partial charge < -0.3 is 9.73 Å². The average molecular weight is 369 g/mol. The Morgan fingerprint density at radius 3 is 2.70 bits per heavy atom. The lowest BCUT2D eigenvalue weighted by Crippen LogP contribution is -2.23. The first-order valence-electron chi connectivity index (χ1n) is 8.72. The van der Waals surface area contributed by atoms with Gasteiger partial charge in [0.2, 0.25) is 5.91 Å². The Kier molecular flexibility index (Phi) is 4.48. The fourth-order valence-corrected chi connectivity index (χ4v) is 3.66. The molecule has 2 atom stereocenters. The van der Waals surface area contributed by atoms with E-state index in [2.05, 4.69) is 5.32 Å². The Bertz CT molecular complexity index is 1010. The van der Waals surface area contributed by atoms with E-state index in [0.717, 1.165) is 5.39 Å². The van der Waals surface area contributed by atoms with Gasteiger partial charge in [-0.15, -0.1) is 0 Å². The molecule has 1 N–H and O–H groups in total. The van der Waals surface area contributed by atoms with Crippen molar-refractivity contribution < 1.29 is 22.8 Å². The molecule has 0 saturated carbocycles. The molecule has 0 unspecified atom stereocenters. The highest BCUT2D eigenvalue weighted by molar-refractivity contribution is 5.90. The van der Waals surface area contributed by atoms with Crippen LogP contribution in [0.5, 0.6) is 0 Å². The third-order valence-corrected chi connectivity index (χ3v) is 5.05. The lowest BCUT2D eigenvalue weighted by Gasteiger charge is -2.17. The minimum Gasteiger partial charge on any atom is -0.464 e. The SMILES string of the molecule is O=C(Cc1ccc(F)cc1)C[C@@H]1C(=O)NC[C@H]1c1cc2ccoc2cc1F. The smallest absolute Gasteiger partial charge is 0.224 e. The van der Waals surface area contributed by atoms with Crippen LogP contribution in [0.25, 0.3) is 11.0 Å². The fraction of sp³-hybridized carbons (Fsp3) is 0.238. The van der Waals surface area contributed by atoms with Crippen molar-refractivity contribution in [2.75, 3.05) is 6.54 Å². The van der Waals surface area contributed by atoms with E-state index in [1.807, 2.05) is 0 Å². The van der Waals surface area contributed by atoms with E-state index >= 15 is 0 Å². The maximum atomic E-state index is 14.6. The van der Waals surface area contributed by atoms with Crippen LogP contribution < -0.4 is 5.32 Å². The number of amides is 1. The number of Topliss-reactive ketones (excluding diaryl/α,β-unsaturated/α-hetero) is 1. The van der Waals surface area contributed by atoms with Gasteiger partial charge in [-0.1, -0.05) is 12.1 Å². The van der Waals surface area contributed by atoms with Crippen molar-refractivity contribution in [3.63, 3.8) is 0 Å². The monoisotopic (exact) mass is 369 g/mol. The van der Waals surface area contributed by atoms with Gasteiger partial charge in [-0.3, -0.25) is 9.59 Å². The maximum absolute atomic E-state index is 14.6. The number of rotatable bonds is 5. The molecule has 138 valence electrons. The van der Waals surface area contributed by atoms with Crippen molar-refractivity contribution in [1.29, 1.82) is 0 Å². The number of carbonyl (C=O) groups is 2. The van der Waals surface area contributed by atoms with Crippen LogP contribution in [0.3, 0.4) is 0 Å². The van der Waals surface area contributed by atoms with Crippen LogP contribution in [0.2, 0.25) is 0 Å². The summed E-state index contributed by atoms with van der Waals surface area (Å²) < 4.78 is 32.7. The third-order valence-electron chi connectivity index (χ3n) is 5.05. The van der Waals surface area contributed by atoms with E-state index in [0.29, 0.717) is 16.7 Å². The number of hydrogen-bond acceptors (Lipinski definition) is 3. The summed E-state index contributed by atoms with van der Waals surface area (Å²) in [5.74, 6) is -2.26. The first-order chi connectivity index (χ1) is 13.0. The Balaban J connectivity index is 1.54. The predicted octanol–water partition coefficient (Wildman–Crippen LogP) is 3.74. The number of nitrogens with one attached hydrogen (secondary N) is 1. The van der Waals surface area contributed by atoms with Gasteiger partial charge >= 0.3 is 0 Å². The zero-order valence-corrected chi connectivity index (χ0v) is 14.4. The Labute approximate surface area is 154 Å². The van der Waals surface area contributed by atoms with E-state index in [1.54, 1.807) is 24.3 Å². The number of ketones is 1. The van der Waals surface area contributed by atoms with E-state index in [-0.39, 0.29) is 36.9 Å². The van der Waals surface area contributed by atoms with Crippen molar-refractivity contribution in [3.05, 3.63) is 71.5 Å². The number of hydrogen-bond donors (Lipinski definition) is 1. The number of carbonyl (C=O) groups excluding carboxylic acids is 2. The third kappa shape index (κ3) is 3.47. The van der Waals surface area contributed by atoms with Crippen molar-refractivity contribution in [2.24, 2.45) is 5.92 Å². The summed E-state index contributed by atoms with van der Waals surface area (Å²) in [4.78, 5) is 24.7. The highest BCUT2D eigenvalue weighted by atomic mass is 19.1. The number of fused-ring (bicyclic) bond motifs is 1. The number of furan rings is 1. The second-order valence-electron chi connectivity index (χ2n) is 6.84. The molecule has 2 heterocycles. The molecule has 1 fully saturated rings. The Morgan fingerprint density at radius 2 is 1.93 bits per heavy atom. The molecule has 1 amide bonds.